The number of ether oxygens (including phenoxy) is 1. The van der Waals surface area contributed by atoms with E-state index in [0.29, 0.717) is 11.1 Å². The number of nitrogens with zero attached hydrogens (tertiary/aromatic N) is 1. The molecule has 0 aliphatic carbocycles. The van der Waals surface area contributed by atoms with Crippen molar-refractivity contribution in [2.75, 3.05) is 0 Å². The Bertz CT molecular complexity index is 1540. The maximum absolute atomic E-state index is 14.1. The van der Waals surface area contributed by atoms with Gasteiger partial charge in [0.25, 0.3) is 0 Å². The highest BCUT2D eigenvalue weighted by Gasteiger charge is 2.57. The number of β-lactam (4-membered cyclic amide) rings is 1. The minimum absolute atomic E-state index is 0.175. The van der Waals surface area contributed by atoms with E-state index in [-0.39, 0.29) is 12.3 Å². The lowest BCUT2D eigenvalue weighted by Crippen LogP contribution is -2.74. The number of hydrogen-bond donors (Lipinski definition) is 2. The van der Waals surface area contributed by atoms with Crippen LogP contribution < -0.4 is 5.32 Å². The van der Waals surface area contributed by atoms with Crippen LogP contribution in [0.5, 0.6) is 0 Å². The summed E-state index contributed by atoms with van der Waals surface area (Å²) in [5.74, 6) is -1.31. The van der Waals surface area contributed by atoms with Gasteiger partial charge in [0.2, 0.25) is 11.8 Å². The molecule has 0 saturated carbocycles. The molecule has 3 heterocycles. The van der Waals surface area contributed by atoms with Gasteiger partial charge in [-0.15, -0.1) is 23.1 Å². The number of thiophene rings is 1. The lowest BCUT2D eigenvalue weighted by molar-refractivity contribution is -0.166. The minimum atomic E-state index is -1.17. The van der Waals surface area contributed by atoms with Crippen LogP contribution in [0.3, 0.4) is 0 Å². The number of esters is 1. The third-order valence-electron chi connectivity index (χ3n) is 7.34. The second-order valence-electron chi connectivity index (χ2n) is 10.0. The van der Waals surface area contributed by atoms with Crippen molar-refractivity contribution in [1.82, 2.24) is 10.2 Å². The molecule has 2 aliphatic heterocycles. The van der Waals surface area contributed by atoms with Gasteiger partial charge in [-0.1, -0.05) is 97.1 Å². The number of benzene rings is 3. The van der Waals surface area contributed by atoms with Crippen molar-refractivity contribution in [2.24, 2.45) is 0 Å². The Hall–Kier alpha value is -4.18. The molecule has 3 unspecified atom stereocenters. The van der Waals surface area contributed by atoms with Gasteiger partial charge in [-0.2, -0.15) is 0 Å². The maximum Gasteiger partial charge on any atom is 0.334 e. The van der Waals surface area contributed by atoms with Gasteiger partial charge >= 0.3 is 5.97 Å². The van der Waals surface area contributed by atoms with E-state index in [4.69, 9.17) is 4.74 Å². The van der Waals surface area contributed by atoms with Gasteiger partial charge < -0.3 is 20.1 Å². The van der Waals surface area contributed by atoms with Crippen molar-refractivity contribution in [3.63, 3.8) is 0 Å². The van der Waals surface area contributed by atoms with E-state index >= 15 is 0 Å². The number of thioether (sulfide) groups is 1. The maximum atomic E-state index is 14.1. The van der Waals surface area contributed by atoms with Crippen LogP contribution in [-0.2, 0) is 25.5 Å². The quantitative estimate of drug-likeness (QED) is 0.208. The van der Waals surface area contributed by atoms with Crippen LogP contribution in [-0.4, -0.2) is 45.2 Å². The number of amides is 2. The summed E-state index contributed by atoms with van der Waals surface area (Å²) in [5.41, 5.74) is 2.50. The fraction of sp³-hybridized carbons (Fsp3) is 0.182. The van der Waals surface area contributed by atoms with Crippen LogP contribution >= 0.6 is 23.1 Å². The molecule has 212 valence electrons. The molecule has 1 aromatic heterocycles. The standard InChI is InChI=1S/C33H28N2O5S2/c36-26(19-24-17-10-18-41-24)34-27-31(38)35-28(25(20-42-32(27)35)29(37)21-11-4-1-5-12-21)33(39)40-30(22-13-6-2-7-14-22)23-15-8-3-9-16-23/h1-18,20,27-30,32,37H,19H2,(H,34,36)/t27?,28?,29?,32-/m0/s1. The molecule has 2 aliphatic rings. The molecule has 7 nitrogen and oxygen atoms in total. The SMILES string of the molecule is O=C(Cc1cccs1)NC1C(=O)N2C(C(=O)OC(c3ccccc3)c3ccccc3)C(C(O)c3ccccc3)=CS[C@@H]12. The second kappa shape index (κ2) is 12.4. The van der Waals surface area contributed by atoms with Crippen LogP contribution in [0, 0.1) is 0 Å². The van der Waals surface area contributed by atoms with E-state index < -0.39 is 41.5 Å². The summed E-state index contributed by atoms with van der Waals surface area (Å²) in [6.45, 7) is 0. The molecule has 2 amide bonds. The summed E-state index contributed by atoms with van der Waals surface area (Å²) in [5, 5.41) is 17.4. The van der Waals surface area contributed by atoms with Gasteiger partial charge in [0.05, 0.1) is 6.42 Å². The number of hydrogen-bond acceptors (Lipinski definition) is 7. The predicted molar refractivity (Wildman–Crippen MR) is 162 cm³/mol. The molecular formula is C33H28N2O5S2. The van der Waals surface area contributed by atoms with Gasteiger partial charge in [0.15, 0.2) is 12.1 Å². The first-order valence-corrected chi connectivity index (χ1v) is 15.4. The molecular weight excluding hydrogens is 569 g/mol. The molecule has 6 rings (SSSR count). The average molecular weight is 597 g/mol. The number of carbonyl (C=O) groups is 3. The summed E-state index contributed by atoms with van der Waals surface area (Å²) >= 11 is 2.78. The second-order valence-corrected chi connectivity index (χ2v) is 12.1. The first kappa shape index (κ1) is 28.0. The third kappa shape index (κ3) is 5.63. The molecule has 0 radical (unpaired) electrons. The highest BCUT2D eigenvalue weighted by molar-refractivity contribution is 8.03. The predicted octanol–water partition coefficient (Wildman–Crippen LogP) is 5.01. The van der Waals surface area contributed by atoms with Crippen molar-refractivity contribution in [1.29, 1.82) is 0 Å². The van der Waals surface area contributed by atoms with Crippen molar-refractivity contribution in [2.45, 2.75) is 36.1 Å². The normalized spacial score (nSPS) is 20.2. The molecule has 1 fully saturated rings. The van der Waals surface area contributed by atoms with E-state index in [1.54, 1.807) is 29.7 Å². The lowest BCUT2D eigenvalue weighted by Gasteiger charge is -2.52. The van der Waals surface area contributed by atoms with Crippen molar-refractivity contribution in [3.05, 3.63) is 141 Å². The van der Waals surface area contributed by atoms with Crippen molar-refractivity contribution < 1.29 is 24.2 Å². The van der Waals surface area contributed by atoms with E-state index in [1.165, 1.54) is 28.0 Å². The van der Waals surface area contributed by atoms with Crippen LogP contribution in [0.15, 0.2) is 119 Å². The highest BCUT2D eigenvalue weighted by atomic mass is 32.2. The zero-order valence-electron chi connectivity index (χ0n) is 22.4. The Morgan fingerprint density at radius 1 is 0.857 bits per heavy atom. The minimum Gasteiger partial charge on any atom is -0.451 e. The topological polar surface area (TPSA) is 95.9 Å². The van der Waals surface area contributed by atoms with Gasteiger partial charge in [0.1, 0.15) is 17.5 Å². The van der Waals surface area contributed by atoms with Crippen LogP contribution in [0.2, 0.25) is 0 Å². The number of fused-ring (bicyclic) bond motifs is 1. The Balaban J connectivity index is 1.30. The molecule has 2 N–H and O–H groups in total. The molecule has 0 bridgehead atoms. The smallest absolute Gasteiger partial charge is 0.334 e. The number of aliphatic hydroxyl groups excluding tert-OH is 1. The summed E-state index contributed by atoms with van der Waals surface area (Å²) in [6.07, 6.45) is -1.68. The van der Waals surface area contributed by atoms with E-state index in [0.717, 1.165) is 16.0 Å². The summed E-state index contributed by atoms with van der Waals surface area (Å²) < 4.78 is 6.19. The van der Waals surface area contributed by atoms with Gasteiger partial charge in [-0.25, -0.2) is 4.79 Å². The van der Waals surface area contributed by atoms with E-state index in [2.05, 4.69) is 5.32 Å². The van der Waals surface area contributed by atoms with E-state index in [9.17, 15) is 19.5 Å². The Kier molecular flexibility index (Phi) is 8.23. The van der Waals surface area contributed by atoms with Crippen molar-refractivity contribution in [3.8, 4) is 0 Å². The first-order valence-electron chi connectivity index (χ1n) is 13.5. The average Bonchev–Trinajstić information content (AvgIpc) is 3.55. The molecule has 4 aromatic rings. The molecule has 4 atom stereocenters. The van der Waals surface area contributed by atoms with Crippen molar-refractivity contribution >= 4 is 40.9 Å². The fourth-order valence-corrected chi connectivity index (χ4v) is 7.22. The lowest BCUT2D eigenvalue weighted by atomic mass is 9.91. The summed E-state index contributed by atoms with van der Waals surface area (Å²) in [7, 11) is 0. The molecule has 3 aromatic carbocycles. The molecule has 1 saturated heterocycles. The Morgan fingerprint density at radius 3 is 2.02 bits per heavy atom. The Labute approximate surface area is 251 Å². The largest absolute Gasteiger partial charge is 0.451 e. The van der Waals surface area contributed by atoms with Crippen LogP contribution in [0.25, 0.3) is 0 Å². The number of rotatable bonds is 9. The zero-order valence-corrected chi connectivity index (χ0v) is 24.0. The van der Waals surface area contributed by atoms with Crippen LogP contribution in [0.1, 0.15) is 33.8 Å². The summed E-state index contributed by atoms with van der Waals surface area (Å²) in [6, 6.07) is 29.6. The van der Waals surface area contributed by atoms with Gasteiger partial charge in [-0.05, 0) is 33.5 Å². The number of aliphatic hydroxyl groups is 1. The highest BCUT2D eigenvalue weighted by Crippen LogP contribution is 2.44. The van der Waals surface area contributed by atoms with E-state index in [1.807, 2.05) is 84.2 Å². The third-order valence-corrected chi connectivity index (χ3v) is 9.40. The number of nitrogens with one attached hydrogen (secondary N) is 1. The zero-order chi connectivity index (χ0) is 29.1. The number of carbonyl (C=O) groups excluding carboxylic acids is 3. The van der Waals surface area contributed by atoms with Gasteiger partial charge in [-0.3, -0.25) is 9.59 Å². The summed E-state index contributed by atoms with van der Waals surface area (Å²) in [4.78, 5) is 42.7. The Morgan fingerprint density at radius 2 is 1.45 bits per heavy atom. The molecule has 0 spiro atoms. The van der Waals surface area contributed by atoms with Gasteiger partial charge in [0, 0.05) is 10.5 Å². The molecule has 42 heavy (non-hydrogen) atoms. The van der Waals surface area contributed by atoms with Crippen LogP contribution in [0.4, 0.5) is 0 Å². The monoisotopic (exact) mass is 596 g/mol. The first-order chi connectivity index (χ1) is 20.5. The fourth-order valence-electron chi connectivity index (χ4n) is 5.26. The molecule has 9 heteroatoms.